The minimum absolute atomic E-state index is 0.0116. The standard InChI is InChI=1S/C13H15BrN2O/c14-11-7-4-8-15-13(11)16-12(17)9-10-5-2-1-3-6-10/h4-5,7-8H,1-3,6,9H2,(H,15,16,17). The summed E-state index contributed by atoms with van der Waals surface area (Å²) in [4.78, 5) is 15.9. The zero-order valence-electron chi connectivity index (χ0n) is 9.58. The lowest BCUT2D eigenvalue weighted by atomic mass is 9.97. The Morgan fingerprint density at radius 1 is 1.47 bits per heavy atom. The maximum Gasteiger partial charge on any atom is 0.229 e. The highest BCUT2D eigenvalue weighted by Crippen LogP contribution is 2.22. The second-order valence-electron chi connectivity index (χ2n) is 4.17. The van der Waals surface area contributed by atoms with Crippen molar-refractivity contribution in [2.75, 3.05) is 5.32 Å². The van der Waals surface area contributed by atoms with Gasteiger partial charge in [0, 0.05) is 12.6 Å². The Bertz CT molecular complexity index is 443. The molecule has 0 saturated carbocycles. The van der Waals surface area contributed by atoms with Gasteiger partial charge in [-0.3, -0.25) is 4.79 Å². The molecular formula is C13H15BrN2O. The monoisotopic (exact) mass is 294 g/mol. The zero-order valence-corrected chi connectivity index (χ0v) is 11.2. The molecule has 1 aromatic heterocycles. The van der Waals surface area contributed by atoms with Gasteiger partial charge in [-0.2, -0.15) is 0 Å². The van der Waals surface area contributed by atoms with E-state index in [2.05, 4.69) is 32.3 Å². The van der Waals surface area contributed by atoms with Crippen molar-refractivity contribution in [2.24, 2.45) is 0 Å². The molecule has 3 nitrogen and oxygen atoms in total. The summed E-state index contributed by atoms with van der Waals surface area (Å²) >= 11 is 3.36. The highest BCUT2D eigenvalue weighted by Gasteiger charge is 2.10. The lowest BCUT2D eigenvalue weighted by Gasteiger charge is -2.12. The molecule has 4 heteroatoms. The molecule has 0 fully saturated rings. The first-order valence-electron chi connectivity index (χ1n) is 5.84. The number of pyridine rings is 1. The molecular weight excluding hydrogens is 280 g/mol. The number of carbonyl (C=O) groups excluding carboxylic acids is 1. The van der Waals surface area contributed by atoms with Crippen LogP contribution >= 0.6 is 15.9 Å². The van der Waals surface area contributed by atoms with Crippen molar-refractivity contribution in [2.45, 2.75) is 32.1 Å². The van der Waals surface area contributed by atoms with Gasteiger partial charge >= 0.3 is 0 Å². The normalized spacial score (nSPS) is 15.2. The number of anilines is 1. The number of nitrogens with zero attached hydrogens (tertiary/aromatic N) is 1. The van der Waals surface area contributed by atoms with Gasteiger partial charge in [0.2, 0.25) is 5.91 Å². The SMILES string of the molecule is O=C(CC1=CCCCC1)Nc1ncccc1Br. The fourth-order valence-electron chi connectivity index (χ4n) is 1.93. The summed E-state index contributed by atoms with van der Waals surface area (Å²) in [6.07, 6.45) is 8.95. The smallest absolute Gasteiger partial charge is 0.229 e. The van der Waals surface area contributed by atoms with Crippen LogP contribution in [0.5, 0.6) is 0 Å². The highest BCUT2D eigenvalue weighted by molar-refractivity contribution is 9.10. The third kappa shape index (κ3) is 3.66. The fraction of sp³-hybridized carbons (Fsp3) is 0.385. The molecule has 1 N–H and O–H groups in total. The van der Waals surface area contributed by atoms with Gasteiger partial charge in [-0.25, -0.2) is 4.98 Å². The molecule has 1 amide bonds. The van der Waals surface area contributed by atoms with Gasteiger partial charge in [-0.1, -0.05) is 11.6 Å². The average Bonchev–Trinajstić information content (AvgIpc) is 2.33. The van der Waals surface area contributed by atoms with E-state index in [9.17, 15) is 4.79 Å². The molecule has 2 rings (SSSR count). The number of allylic oxidation sites excluding steroid dienone is 1. The molecule has 1 aromatic rings. The van der Waals surface area contributed by atoms with E-state index in [4.69, 9.17) is 0 Å². The van der Waals surface area contributed by atoms with Gasteiger partial charge in [0.05, 0.1) is 4.47 Å². The van der Waals surface area contributed by atoms with E-state index >= 15 is 0 Å². The quantitative estimate of drug-likeness (QED) is 0.864. The first-order valence-corrected chi connectivity index (χ1v) is 6.63. The van der Waals surface area contributed by atoms with Gasteiger partial charge in [0.25, 0.3) is 0 Å². The number of halogens is 1. The number of hydrogen-bond donors (Lipinski definition) is 1. The Hall–Kier alpha value is -1.16. The molecule has 0 aromatic carbocycles. The predicted octanol–water partition coefficient (Wildman–Crippen LogP) is 3.67. The summed E-state index contributed by atoms with van der Waals surface area (Å²) in [5.74, 6) is 0.603. The van der Waals surface area contributed by atoms with Crippen LogP contribution in [0, 0.1) is 0 Å². The minimum atomic E-state index is 0.0116. The molecule has 0 saturated heterocycles. The van der Waals surface area contributed by atoms with Crippen molar-refractivity contribution < 1.29 is 4.79 Å². The lowest BCUT2D eigenvalue weighted by molar-refractivity contribution is -0.115. The van der Waals surface area contributed by atoms with Crippen molar-refractivity contribution in [1.29, 1.82) is 0 Å². The summed E-state index contributed by atoms with van der Waals surface area (Å²) in [5, 5.41) is 2.82. The molecule has 0 atom stereocenters. The van der Waals surface area contributed by atoms with E-state index in [-0.39, 0.29) is 5.91 Å². The summed E-state index contributed by atoms with van der Waals surface area (Å²) in [6, 6.07) is 3.69. The van der Waals surface area contributed by atoms with Crippen LogP contribution in [0.15, 0.2) is 34.5 Å². The molecule has 0 radical (unpaired) electrons. The van der Waals surface area contributed by atoms with Gasteiger partial charge in [0.15, 0.2) is 0 Å². The molecule has 1 aliphatic carbocycles. The minimum Gasteiger partial charge on any atom is -0.309 e. The molecule has 1 heterocycles. The Kier molecular flexibility index (Phi) is 4.31. The summed E-state index contributed by atoms with van der Waals surface area (Å²) in [6.45, 7) is 0. The van der Waals surface area contributed by atoms with Crippen LogP contribution in [0.3, 0.4) is 0 Å². The van der Waals surface area contributed by atoms with E-state index in [0.717, 1.165) is 17.3 Å². The van der Waals surface area contributed by atoms with Crippen molar-refractivity contribution in [3.63, 3.8) is 0 Å². The number of nitrogens with one attached hydrogen (secondary N) is 1. The topological polar surface area (TPSA) is 42.0 Å². The Morgan fingerprint density at radius 2 is 2.35 bits per heavy atom. The van der Waals surface area contributed by atoms with Crippen molar-refractivity contribution in [1.82, 2.24) is 4.98 Å². The van der Waals surface area contributed by atoms with Crippen LogP contribution in [0.1, 0.15) is 32.1 Å². The Balaban J connectivity index is 1.93. The third-order valence-electron chi connectivity index (χ3n) is 2.79. The Morgan fingerprint density at radius 3 is 3.06 bits per heavy atom. The van der Waals surface area contributed by atoms with E-state index in [0.29, 0.717) is 12.2 Å². The van der Waals surface area contributed by atoms with Crippen LogP contribution in [0.25, 0.3) is 0 Å². The van der Waals surface area contributed by atoms with E-state index in [1.807, 2.05) is 12.1 Å². The third-order valence-corrected chi connectivity index (χ3v) is 3.43. The first kappa shape index (κ1) is 12.3. The Labute approximate surface area is 109 Å². The van der Waals surface area contributed by atoms with Crippen molar-refractivity contribution in [3.05, 3.63) is 34.5 Å². The van der Waals surface area contributed by atoms with E-state index < -0.39 is 0 Å². The lowest BCUT2D eigenvalue weighted by Crippen LogP contribution is -2.14. The number of aromatic nitrogens is 1. The molecule has 0 bridgehead atoms. The van der Waals surface area contributed by atoms with E-state index in [1.54, 1.807) is 6.20 Å². The van der Waals surface area contributed by atoms with Gasteiger partial charge < -0.3 is 5.32 Å². The van der Waals surface area contributed by atoms with Gasteiger partial charge in [-0.15, -0.1) is 0 Å². The molecule has 0 spiro atoms. The highest BCUT2D eigenvalue weighted by atomic mass is 79.9. The number of amides is 1. The van der Waals surface area contributed by atoms with Crippen molar-refractivity contribution in [3.8, 4) is 0 Å². The molecule has 17 heavy (non-hydrogen) atoms. The van der Waals surface area contributed by atoms with Crippen molar-refractivity contribution >= 4 is 27.7 Å². The first-order chi connectivity index (χ1) is 8.25. The van der Waals surface area contributed by atoms with Crippen LogP contribution in [-0.2, 0) is 4.79 Å². The second kappa shape index (κ2) is 5.96. The van der Waals surface area contributed by atoms with Crippen LogP contribution < -0.4 is 5.32 Å². The number of hydrogen-bond acceptors (Lipinski definition) is 2. The number of carbonyl (C=O) groups is 1. The maximum absolute atomic E-state index is 11.8. The van der Waals surface area contributed by atoms with E-state index in [1.165, 1.54) is 18.4 Å². The zero-order chi connectivity index (χ0) is 12.1. The largest absolute Gasteiger partial charge is 0.309 e. The van der Waals surface area contributed by atoms with Gasteiger partial charge in [0.1, 0.15) is 5.82 Å². The predicted molar refractivity (Wildman–Crippen MR) is 71.7 cm³/mol. The maximum atomic E-state index is 11.8. The average molecular weight is 295 g/mol. The molecule has 1 aliphatic rings. The molecule has 0 aliphatic heterocycles. The summed E-state index contributed by atoms with van der Waals surface area (Å²) in [5.41, 5.74) is 1.25. The fourth-order valence-corrected chi connectivity index (χ4v) is 2.28. The summed E-state index contributed by atoms with van der Waals surface area (Å²) in [7, 11) is 0. The van der Waals surface area contributed by atoms with Crippen LogP contribution in [0.4, 0.5) is 5.82 Å². The number of rotatable bonds is 3. The second-order valence-corrected chi connectivity index (χ2v) is 5.02. The van der Waals surface area contributed by atoms with Crippen LogP contribution in [-0.4, -0.2) is 10.9 Å². The summed E-state index contributed by atoms with van der Waals surface area (Å²) < 4.78 is 0.811. The van der Waals surface area contributed by atoms with Gasteiger partial charge in [-0.05, 0) is 53.7 Å². The van der Waals surface area contributed by atoms with Crippen LogP contribution in [0.2, 0.25) is 0 Å². The molecule has 0 unspecified atom stereocenters. The molecule has 90 valence electrons.